The monoisotopic (exact) mass is 513 g/mol. The molecule has 0 fully saturated rings. The van der Waals surface area contributed by atoms with E-state index >= 15 is 0 Å². The van der Waals surface area contributed by atoms with Gasteiger partial charge in [-0.25, -0.2) is 5.57 Å². The number of benzene rings is 2. The van der Waals surface area contributed by atoms with Crippen molar-refractivity contribution in [1.82, 2.24) is 0 Å². The molecule has 0 saturated heterocycles. The molecule has 0 spiro atoms. The number of halogens is 2. The predicted octanol–water partition coefficient (Wildman–Crippen LogP) is 7.62. The Morgan fingerprint density at radius 3 is 1.73 bits per heavy atom. The molecule has 30 heavy (non-hydrogen) atoms. The fraction of sp³-hybridized carbons (Fsp3) is 0.222. The van der Waals surface area contributed by atoms with Crippen LogP contribution in [-0.4, -0.2) is 3.21 Å². The summed E-state index contributed by atoms with van der Waals surface area (Å²) in [5.74, 6) is 0. The van der Waals surface area contributed by atoms with Crippen molar-refractivity contribution in [3.63, 3.8) is 0 Å². The van der Waals surface area contributed by atoms with Crippen LogP contribution in [0.15, 0.2) is 101 Å². The molecule has 2 aliphatic carbocycles. The van der Waals surface area contributed by atoms with Gasteiger partial charge >= 0.3 is 99.2 Å². The first kappa shape index (κ1) is 26.8. The van der Waals surface area contributed by atoms with Crippen molar-refractivity contribution in [2.45, 2.75) is 34.1 Å². The van der Waals surface area contributed by atoms with Crippen LogP contribution in [0.4, 0.5) is 0 Å². The second kappa shape index (κ2) is 11.9. The average molecular weight is 516 g/mol. The number of hydrogen-bond acceptors (Lipinski definition) is 0. The molecule has 0 aliphatic heterocycles. The van der Waals surface area contributed by atoms with Crippen LogP contribution in [0.2, 0.25) is 0 Å². The third-order valence-electron chi connectivity index (χ3n) is 5.85. The van der Waals surface area contributed by atoms with Crippen molar-refractivity contribution >= 4 is 28.0 Å². The van der Waals surface area contributed by atoms with E-state index in [2.05, 4.69) is 113 Å². The van der Waals surface area contributed by atoms with Gasteiger partial charge in [-0.1, -0.05) is 50.0 Å². The van der Waals surface area contributed by atoms with E-state index in [1.807, 2.05) is 0 Å². The molecule has 0 radical (unpaired) electrons. The van der Waals surface area contributed by atoms with Gasteiger partial charge in [0, 0.05) is 0 Å². The van der Waals surface area contributed by atoms with Gasteiger partial charge in [0.05, 0.1) is 0 Å². The Bertz CT molecular complexity index is 941. The van der Waals surface area contributed by atoms with Crippen molar-refractivity contribution < 1.29 is 24.2 Å². The van der Waals surface area contributed by atoms with Crippen molar-refractivity contribution in [3.8, 4) is 0 Å². The van der Waals surface area contributed by atoms with Gasteiger partial charge in [0.25, 0.3) is 0 Å². The van der Waals surface area contributed by atoms with E-state index in [0.717, 1.165) is 6.42 Å². The molecule has 2 aromatic rings. The van der Waals surface area contributed by atoms with E-state index in [1.54, 1.807) is 0 Å². The summed E-state index contributed by atoms with van der Waals surface area (Å²) in [4.78, 5) is 0. The predicted molar refractivity (Wildman–Crippen MR) is 131 cm³/mol. The van der Waals surface area contributed by atoms with E-state index < -0.39 is 0 Å². The van der Waals surface area contributed by atoms with Gasteiger partial charge in [0.15, 0.2) is 0 Å². The Hall–Kier alpha value is -1.27. The van der Waals surface area contributed by atoms with Gasteiger partial charge < -0.3 is 0 Å². The fourth-order valence-corrected chi connectivity index (χ4v) is 4.55. The van der Waals surface area contributed by atoms with Crippen molar-refractivity contribution in [2.24, 2.45) is 5.41 Å². The first-order chi connectivity index (χ1) is 13.4. The summed E-state index contributed by atoms with van der Waals surface area (Å²) in [6, 6.07) is 21.1. The van der Waals surface area contributed by atoms with Crippen LogP contribution in [0.3, 0.4) is 0 Å². The van der Waals surface area contributed by atoms with Crippen LogP contribution in [0.1, 0.15) is 45.2 Å². The minimum atomic E-state index is 0. The van der Waals surface area contributed by atoms with Gasteiger partial charge in [-0.3, -0.25) is 6.08 Å². The van der Waals surface area contributed by atoms with Crippen molar-refractivity contribution in [3.05, 3.63) is 118 Å². The Balaban J connectivity index is 0.000000281. The van der Waals surface area contributed by atoms with Crippen LogP contribution in [0.5, 0.6) is 0 Å². The number of rotatable bonds is 3. The maximum absolute atomic E-state index is 3.61. The van der Waals surface area contributed by atoms with E-state index in [-0.39, 0.29) is 30.2 Å². The summed E-state index contributed by atoms with van der Waals surface area (Å²) in [5, 5.41) is 0. The van der Waals surface area contributed by atoms with Crippen LogP contribution in [-0.2, 0) is 24.2 Å². The normalized spacial score (nSPS) is 19.0. The molecule has 156 valence electrons. The summed E-state index contributed by atoms with van der Waals surface area (Å²) in [6.45, 7) is 8.87. The molecule has 2 aromatic carbocycles. The quantitative estimate of drug-likeness (QED) is 0.369. The summed E-state index contributed by atoms with van der Waals surface area (Å²) < 4.78 is 1.42. The minimum absolute atomic E-state index is 0. The number of allylic oxidation sites excluding steroid dienone is 8. The average Bonchev–Trinajstić information content (AvgIpc) is 3.35. The maximum atomic E-state index is 3.61. The molecule has 1 atom stereocenters. The van der Waals surface area contributed by atoms with Crippen LogP contribution < -0.4 is 0 Å². The van der Waals surface area contributed by atoms with Crippen LogP contribution in [0.25, 0.3) is 0 Å². The zero-order valence-corrected chi connectivity index (χ0v) is 22.1. The fourth-order valence-electron chi connectivity index (χ4n) is 3.73. The molecular formula is C27H29Cl2Zr-. The Kier molecular flexibility index (Phi) is 10.7. The van der Waals surface area contributed by atoms with E-state index in [0.29, 0.717) is 0 Å². The zero-order chi connectivity index (χ0) is 20.1. The van der Waals surface area contributed by atoms with Gasteiger partial charge in [-0.15, -0.1) is 31.7 Å². The first-order valence-corrected chi connectivity index (χ1v) is 11.0. The second-order valence-electron chi connectivity index (χ2n) is 7.56. The van der Waals surface area contributed by atoms with E-state index in [4.69, 9.17) is 0 Å². The molecule has 0 bridgehead atoms. The van der Waals surface area contributed by atoms with E-state index in [1.165, 1.54) is 60.9 Å². The Morgan fingerprint density at radius 1 is 0.867 bits per heavy atom. The molecular weight excluding hydrogens is 486 g/mol. The molecule has 1 unspecified atom stereocenters. The SMILES string of the molecule is CC1=[C-]C(C)(C2=CC=CC2)C(C)=C1C.Cl.Cl.[Zr]=[C](c1ccccc1)c1ccccc1. The molecule has 3 heteroatoms. The molecule has 0 heterocycles. The third-order valence-corrected chi connectivity index (χ3v) is 7.27. The molecule has 4 rings (SSSR count). The van der Waals surface area contributed by atoms with Crippen LogP contribution >= 0.6 is 24.8 Å². The van der Waals surface area contributed by atoms with Crippen molar-refractivity contribution in [2.75, 3.05) is 0 Å². The van der Waals surface area contributed by atoms with E-state index in [9.17, 15) is 0 Å². The molecule has 0 aromatic heterocycles. The van der Waals surface area contributed by atoms with Gasteiger partial charge in [-0.05, 0) is 6.42 Å². The van der Waals surface area contributed by atoms with Crippen LogP contribution in [0, 0.1) is 11.5 Å². The Labute approximate surface area is 209 Å². The van der Waals surface area contributed by atoms with Gasteiger partial charge in [-0.2, -0.15) is 11.1 Å². The molecule has 0 amide bonds. The molecule has 2 aliphatic rings. The number of hydrogen-bond donors (Lipinski definition) is 0. The summed E-state index contributed by atoms with van der Waals surface area (Å²) >= 11 is 1.46. The summed E-state index contributed by atoms with van der Waals surface area (Å²) in [5.41, 5.74) is 8.40. The second-order valence-corrected chi connectivity index (χ2v) is 8.79. The molecule has 0 N–H and O–H groups in total. The topological polar surface area (TPSA) is 0 Å². The first-order valence-electron chi connectivity index (χ1n) is 9.79. The Morgan fingerprint density at radius 2 is 1.37 bits per heavy atom. The van der Waals surface area contributed by atoms with Gasteiger partial charge in [0.2, 0.25) is 0 Å². The molecule has 0 nitrogen and oxygen atoms in total. The summed E-state index contributed by atoms with van der Waals surface area (Å²) in [7, 11) is 0. The van der Waals surface area contributed by atoms with Gasteiger partial charge in [0.1, 0.15) is 0 Å². The standard InChI is InChI=1S/C14H17.C13H10.2ClH.Zr/c1-10-9-14(4,12(3)11(10)2)13-7-5-6-8-13;1-3-7-12(8-4-1)11-13-9-5-2-6-10-13;;;/h5-7H,8H2,1-4H3;1-10H;2*1H;/q-1;;;;. The molecule has 0 saturated carbocycles. The zero-order valence-electron chi connectivity index (χ0n) is 18.0. The van der Waals surface area contributed by atoms with Crippen molar-refractivity contribution in [1.29, 1.82) is 0 Å². The summed E-state index contributed by atoms with van der Waals surface area (Å²) in [6.07, 6.45) is 11.3. The third kappa shape index (κ3) is 5.91.